The molecule has 0 aliphatic carbocycles. The number of benzene rings is 1. The minimum Gasteiger partial charge on any atom is -0.373 e. The molecule has 0 saturated heterocycles. The zero-order chi connectivity index (χ0) is 13.6. The van der Waals surface area contributed by atoms with Crippen molar-refractivity contribution >= 4 is 10.9 Å². The third-order valence-corrected chi connectivity index (χ3v) is 4.10. The molecule has 0 spiro atoms. The number of fused-ring (bicyclic) bond motifs is 3. The Morgan fingerprint density at radius 1 is 1.26 bits per heavy atom. The lowest BCUT2D eigenvalue weighted by Gasteiger charge is -2.24. The van der Waals surface area contributed by atoms with Gasteiger partial charge in [0.25, 0.3) is 0 Å². The molecule has 0 bridgehead atoms. The Morgan fingerprint density at radius 2 is 2.05 bits per heavy atom. The minimum atomic E-state index is 0.159. The van der Waals surface area contributed by atoms with Crippen LogP contribution in [0.2, 0.25) is 0 Å². The summed E-state index contributed by atoms with van der Waals surface area (Å²) in [5.74, 6) is 0. The smallest absolute Gasteiger partial charge is 0.0872 e. The first kappa shape index (κ1) is 12.7. The summed E-state index contributed by atoms with van der Waals surface area (Å²) in [5.41, 5.74) is 5.91. The Labute approximate surface area is 115 Å². The van der Waals surface area contributed by atoms with Crippen LogP contribution in [0.5, 0.6) is 0 Å². The predicted octanol–water partition coefficient (Wildman–Crippen LogP) is 4.03. The number of hydrogen-bond acceptors (Lipinski definition) is 1. The van der Waals surface area contributed by atoms with E-state index in [2.05, 4.69) is 50.5 Å². The van der Waals surface area contributed by atoms with Crippen LogP contribution in [0.25, 0.3) is 10.9 Å². The van der Waals surface area contributed by atoms with Crippen LogP contribution in [0, 0.1) is 0 Å². The Kier molecular flexibility index (Phi) is 2.94. The van der Waals surface area contributed by atoms with Crippen LogP contribution >= 0.6 is 0 Å². The molecule has 3 rings (SSSR count). The Bertz CT molecular complexity index is 616. The van der Waals surface area contributed by atoms with Gasteiger partial charge < -0.3 is 9.30 Å². The number of aryl methyl sites for hydroxylation is 1. The topological polar surface area (TPSA) is 14.2 Å². The molecule has 0 fully saturated rings. The van der Waals surface area contributed by atoms with Crippen LogP contribution in [0.1, 0.15) is 44.5 Å². The van der Waals surface area contributed by atoms with Crippen molar-refractivity contribution in [3.8, 4) is 0 Å². The van der Waals surface area contributed by atoms with Crippen LogP contribution in [0.15, 0.2) is 18.2 Å². The van der Waals surface area contributed by atoms with Crippen molar-refractivity contribution in [1.82, 2.24) is 4.57 Å². The standard InChI is InChI=1S/C17H23NO/c1-5-12-7-6-8-13-15(17(2,3)4)14-11-19-10-9-18(14)16(12)13/h6-8H,5,9-11H2,1-4H3. The Hall–Kier alpha value is -1.28. The quantitative estimate of drug-likeness (QED) is 0.752. The van der Waals surface area contributed by atoms with E-state index in [1.165, 1.54) is 27.7 Å². The molecule has 1 aliphatic heterocycles. The van der Waals surface area contributed by atoms with Crippen LogP contribution in [0.3, 0.4) is 0 Å². The average molecular weight is 257 g/mol. The minimum absolute atomic E-state index is 0.159. The number of hydrogen-bond donors (Lipinski definition) is 0. The van der Waals surface area contributed by atoms with Gasteiger partial charge in [-0.15, -0.1) is 0 Å². The number of nitrogens with zero attached hydrogens (tertiary/aromatic N) is 1. The van der Waals surface area contributed by atoms with Gasteiger partial charge in [0.2, 0.25) is 0 Å². The largest absolute Gasteiger partial charge is 0.373 e. The molecule has 0 unspecified atom stereocenters. The summed E-state index contributed by atoms with van der Waals surface area (Å²) in [5, 5.41) is 1.42. The monoisotopic (exact) mass is 257 g/mol. The first-order valence-corrected chi connectivity index (χ1v) is 7.25. The lowest BCUT2D eigenvalue weighted by Crippen LogP contribution is -2.21. The Morgan fingerprint density at radius 3 is 2.74 bits per heavy atom. The summed E-state index contributed by atoms with van der Waals surface area (Å²) in [6, 6.07) is 6.74. The van der Waals surface area contributed by atoms with E-state index in [0.29, 0.717) is 0 Å². The normalized spacial score (nSPS) is 15.8. The second-order valence-electron chi connectivity index (χ2n) is 6.44. The molecule has 0 saturated carbocycles. The predicted molar refractivity (Wildman–Crippen MR) is 79.7 cm³/mol. The highest BCUT2D eigenvalue weighted by molar-refractivity contribution is 5.89. The highest BCUT2D eigenvalue weighted by atomic mass is 16.5. The van der Waals surface area contributed by atoms with Gasteiger partial charge in [0.05, 0.1) is 18.7 Å². The molecule has 2 heterocycles. The second kappa shape index (κ2) is 4.38. The maximum Gasteiger partial charge on any atom is 0.0872 e. The molecular weight excluding hydrogens is 234 g/mol. The van der Waals surface area contributed by atoms with Gasteiger partial charge in [-0.05, 0) is 23.0 Å². The Balaban J connectivity index is 2.42. The third kappa shape index (κ3) is 1.90. The fourth-order valence-corrected chi connectivity index (χ4v) is 3.38. The molecule has 102 valence electrons. The maximum absolute atomic E-state index is 5.71. The van der Waals surface area contributed by atoms with E-state index in [1.807, 2.05) is 0 Å². The zero-order valence-electron chi connectivity index (χ0n) is 12.4. The lowest BCUT2D eigenvalue weighted by atomic mass is 9.84. The summed E-state index contributed by atoms with van der Waals surface area (Å²) in [6.07, 6.45) is 1.09. The first-order valence-electron chi connectivity index (χ1n) is 7.25. The van der Waals surface area contributed by atoms with Crippen molar-refractivity contribution in [2.75, 3.05) is 6.61 Å². The summed E-state index contributed by atoms with van der Waals surface area (Å²) in [4.78, 5) is 0. The van der Waals surface area contributed by atoms with E-state index in [9.17, 15) is 0 Å². The molecule has 2 aromatic rings. The van der Waals surface area contributed by atoms with Gasteiger partial charge >= 0.3 is 0 Å². The van der Waals surface area contributed by atoms with Crippen LogP contribution in [-0.2, 0) is 29.7 Å². The van der Waals surface area contributed by atoms with Gasteiger partial charge in [-0.3, -0.25) is 0 Å². The van der Waals surface area contributed by atoms with Gasteiger partial charge in [0.1, 0.15) is 0 Å². The number of rotatable bonds is 1. The summed E-state index contributed by atoms with van der Waals surface area (Å²) >= 11 is 0. The van der Waals surface area contributed by atoms with E-state index >= 15 is 0 Å². The molecule has 1 aliphatic rings. The molecule has 0 atom stereocenters. The van der Waals surface area contributed by atoms with Gasteiger partial charge in [-0.1, -0.05) is 45.9 Å². The van der Waals surface area contributed by atoms with E-state index in [0.717, 1.165) is 26.2 Å². The average Bonchev–Trinajstić information content (AvgIpc) is 2.72. The maximum atomic E-state index is 5.71. The summed E-state index contributed by atoms with van der Waals surface area (Å²) in [7, 11) is 0. The highest BCUT2D eigenvalue weighted by Gasteiger charge is 2.28. The molecule has 0 radical (unpaired) electrons. The van der Waals surface area contributed by atoms with E-state index in [1.54, 1.807) is 0 Å². The molecule has 1 aromatic heterocycles. The SMILES string of the molecule is CCc1cccc2c(C(C)(C)C)c3n(c12)CCOC3. The summed E-state index contributed by atoms with van der Waals surface area (Å²) < 4.78 is 8.21. The lowest BCUT2D eigenvalue weighted by molar-refractivity contribution is 0.0850. The molecular formula is C17H23NO. The number of aromatic nitrogens is 1. The van der Waals surface area contributed by atoms with Crippen LogP contribution in [0.4, 0.5) is 0 Å². The van der Waals surface area contributed by atoms with Crippen LogP contribution < -0.4 is 0 Å². The van der Waals surface area contributed by atoms with Crippen molar-refractivity contribution in [1.29, 1.82) is 0 Å². The number of para-hydroxylation sites is 1. The van der Waals surface area contributed by atoms with Crippen molar-refractivity contribution in [3.63, 3.8) is 0 Å². The van der Waals surface area contributed by atoms with E-state index in [-0.39, 0.29) is 5.41 Å². The van der Waals surface area contributed by atoms with E-state index < -0.39 is 0 Å². The van der Waals surface area contributed by atoms with Crippen molar-refractivity contribution in [3.05, 3.63) is 35.0 Å². The fourth-order valence-electron chi connectivity index (χ4n) is 3.38. The van der Waals surface area contributed by atoms with E-state index in [4.69, 9.17) is 4.74 Å². The third-order valence-electron chi connectivity index (χ3n) is 4.10. The highest BCUT2D eigenvalue weighted by Crippen LogP contribution is 2.38. The van der Waals surface area contributed by atoms with Crippen molar-refractivity contribution in [2.24, 2.45) is 0 Å². The number of ether oxygens (including phenoxy) is 1. The van der Waals surface area contributed by atoms with Crippen molar-refractivity contribution in [2.45, 2.75) is 52.7 Å². The fraction of sp³-hybridized carbons (Fsp3) is 0.529. The molecule has 1 aromatic carbocycles. The van der Waals surface area contributed by atoms with Gasteiger partial charge in [-0.25, -0.2) is 0 Å². The van der Waals surface area contributed by atoms with Gasteiger partial charge in [0, 0.05) is 17.6 Å². The molecule has 0 amide bonds. The molecule has 2 nitrogen and oxygen atoms in total. The van der Waals surface area contributed by atoms with Gasteiger partial charge in [-0.2, -0.15) is 0 Å². The van der Waals surface area contributed by atoms with Crippen molar-refractivity contribution < 1.29 is 4.74 Å². The molecule has 0 N–H and O–H groups in total. The zero-order valence-corrected chi connectivity index (χ0v) is 12.4. The van der Waals surface area contributed by atoms with Gasteiger partial charge in [0.15, 0.2) is 0 Å². The second-order valence-corrected chi connectivity index (χ2v) is 6.44. The molecule has 19 heavy (non-hydrogen) atoms. The van der Waals surface area contributed by atoms with Crippen LogP contribution in [-0.4, -0.2) is 11.2 Å². The first-order chi connectivity index (χ1) is 9.04. The summed E-state index contributed by atoms with van der Waals surface area (Å²) in [6.45, 7) is 11.7. The molecule has 2 heteroatoms.